The van der Waals surface area contributed by atoms with Gasteiger partial charge in [0.05, 0.1) is 0 Å². The molecule has 9 heavy (non-hydrogen) atoms. The third-order valence-corrected chi connectivity index (χ3v) is 0.915. The van der Waals surface area contributed by atoms with Gasteiger partial charge in [0.2, 0.25) is 0 Å². The Hall–Kier alpha value is -0.630. The molecule has 0 unspecified atom stereocenters. The molecule has 0 saturated heterocycles. The Bertz CT molecular complexity index is 171. The average Bonchev–Trinajstić information content (AvgIpc) is 1.64. The van der Waals surface area contributed by atoms with Gasteiger partial charge >= 0.3 is 0 Å². The molecular weight excluding hydrogens is 136 g/mol. The summed E-state index contributed by atoms with van der Waals surface area (Å²) in [5.41, 5.74) is 1.03. The Morgan fingerprint density at radius 3 is 2.33 bits per heavy atom. The Morgan fingerprint density at radius 2 is 2.00 bits per heavy atom. The minimum atomic E-state index is 0. The van der Waals surface area contributed by atoms with Gasteiger partial charge < -0.3 is 0 Å². The quantitative estimate of drug-likeness (QED) is 0.552. The molecule has 50 valence electrons. The monoisotopic (exact) mass is 144 g/mol. The molecule has 3 heteroatoms. The van der Waals surface area contributed by atoms with Crippen LogP contribution in [0.25, 0.3) is 0 Å². The van der Waals surface area contributed by atoms with E-state index in [2.05, 4.69) is 9.97 Å². The summed E-state index contributed by atoms with van der Waals surface area (Å²) in [4.78, 5) is 7.99. The second kappa shape index (κ2) is 3.41. The van der Waals surface area contributed by atoms with Crippen LogP contribution in [-0.2, 0) is 0 Å². The maximum Gasteiger partial charge on any atom is 0.125 e. The number of aromatic nitrogens is 2. The second-order valence-electron chi connectivity index (χ2n) is 1.75. The molecule has 0 aromatic carbocycles. The molecule has 1 aromatic heterocycles. The molecule has 0 fully saturated rings. The molecule has 0 aliphatic carbocycles. The van der Waals surface area contributed by atoms with Crippen LogP contribution < -0.4 is 0 Å². The van der Waals surface area contributed by atoms with Gasteiger partial charge in [-0.05, 0) is 19.9 Å². The Kier molecular flexibility index (Phi) is 3.17. The summed E-state index contributed by atoms with van der Waals surface area (Å²) in [6, 6.07) is 1.88. The smallest absolute Gasteiger partial charge is 0.125 e. The molecule has 0 aliphatic rings. The van der Waals surface area contributed by atoms with Crippen molar-refractivity contribution in [1.29, 1.82) is 0 Å². The van der Waals surface area contributed by atoms with Crippen LogP contribution in [0.5, 0.6) is 0 Å². The van der Waals surface area contributed by atoms with E-state index in [4.69, 9.17) is 0 Å². The molecule has 0 atom stereocenters. The lowest BCUT2D eigenvalue weighted by Crippen LogP contribution is -1.86. The molecule has 1 rings (SSSR count). The number of rotatable bonds is 0. The summed E-state index contributed by atoms with van der Waals surface area (Å²) in [6.45, 7) is 3.84. The Labute approximate surface area is 60.8 Å². The molecule has 0 aliphatic heterocycles. The summed E-state index contributed by atoms with van der Waals surface area (Å²) < 4.78 is 0. The summed E-state index contributed by atoms with van der Waals surface area (Å²) in [5.74, 6) is 0.838. The molecule has 1 heterocycles. The van der Waals surface area contributed by atoms with E-state index in [1.54, 1.807) is 6.20 Å². The highest BCUT2D eigenvalue weighted by molar-refractivity contribution is 5.85. The summed E-state index contributed by atoms with van der Waals surface area (Å²) in [5, 5.41) is 0. The van der Waals surface area contributed by atoms with Crippen molar-refractivity contribution >= 4 is 12.4 Å². The highest BCUT2D eigenvalue weighted by atomic mass is 35.5. The fourth-order valence-corrected chi connectivity index (χ4v) is 0.574. The summed E-state index contributed by atoms with van der Waals surface area (Å²) in [6.07, 6.45) is 1.76. The van der Waals surface area contributed by atoms with Gasteiger partial charge in [0.25, 0.3) is 0 Å². The van der Waals surface area contributed by atoms with E-state index in [-0.39, 0.29) is 12.4 Å². The number of nitrogens with zero attached hydrogens (tertiary/aromatic N) is 2. The van der Waals surface area contributed by atoms with E-state index >= 15 is 0 Å². The van der Waals surface area contributed by atoms with Gasteiger partial charge in [0.1, 0.15) is 5.82 Å². The van der Waals surface area contributed by atoms with E-state index < -0.39 is 0 Å². The topological polar surface area (TPSA) is 25.8 Å². The maximum absolute atomic E-state index is 4.06. The van der Waals surface area contributed by atoms with Gasteiger partial charge in [-0.2, -0.15) is 0 Å². The van der Waals surface area contributed by atoms with E-state index in [1.807, 2.05) is 19.9 Å². The van der Waals surface area contributed by atoms with Crippen LogP contribution in [0.1, 0.15) is 11.5 Å². The van der Waals surface area contributed by atoms with Crippen molar-refractivity contribution < 1.29 is 0 Å². The predicted octanol–water partition coefficient (Wildman–Crippen LogP) is 1.52. The van der Waals surface area contributed by atoms with Crippen molar-refractivity contribution in [2.75, 3.05) is 0 Å². The normalized spacial score (nSPS) is 8.22. The molecule has 0 radical (unpaired) electrons. The molecule has 0 saturated carbocycles. The van der Waals surface area contributed by atoms with Gasteiger partial charge in [-0.3, -0.25) is 0 Å². The number of aryl methyl sites for hydroxylation is 2. The van der Waals surface area contributed by atoms with Crippen LogP contribution in [0, 0.1) is 13.8 Å². The van der Waals surface area contributed by atoms with Crippen LogP contribution in [0.2, 0.25) is 0 Å². The van der Waals surface area contributed by atoms with Crippen LogP contribution in [0.3, 0.4) is 0 Å². The largest absolute Gasteiger partial charge is 0.242 e. The van der Waals surface area contributed by atoms with Crippen molar-refractivity contribution in [2.24, 2.45) is 0 Å². The van der Waals surface area contributed by atoms with Gasteiger partial charge in [-0.25, -0.2) is 9.97 Å². The third-order valence-electron chi connectivity index (χ3n) is 0.915. The van der Waals surface area contributed by atoms with Crippen LogP contribution >= 0.6 is 12.4 Å². The lowest BCUT2D eigenvalue weighted by molar-refractivity contribution is 1.01. The van der Waals surface area contributed by atoms with Gasteiger partial charge in [0.15, 0.2) is 0 Å². The highest BCUT2D eigenvalue weighted by Gasteiger charge is 1.83. The van der Waals surface area contributed by atoms with E-state index in [1.165, 1.54) is 0 Å². The van der Waals surface area contributed by atoms with E-state index in [0.29, 0.717) is 0 Å². The van der Waals surface area contributed by atoms with Gasteiger partial charge in [-0.15, -0.1) is 12.4 Å². The van der Waals surface area contributed by atoms with Crippen molar-refractivity contribution in [2.45, 2.75) is 13.8 Å². The lowest BCUT2D eigenvalue weighted by atomic mass is 10.4. The first-order valence-corrected chi connectivity index (χ1v) is 2.55. The second-order valence-corrected chi connectivity index (χ2v) is 1.75. The molecule has 0 N–H and O–H groups in total. The Morgan fingerprint density at radius 1 is 1.33 bits per heavy atom. The fraction of sp³-hybridized carbons (Fsp3) is 0.333. The number of hydrogen-bond donors (Lipinski definition) is 0. The first-order valence-electron chi connectivity index (χ1n) is 2.55. The fourth-order valence-electron chi connectivity index (χ4n) is 0.574. The molecule has 1 aromatic rings. The van der Waals surface area contributed by atoms with Crippen LogP contribution in [0.15, 0.2) is 12.3 Å². The highest BCUT2D eigenvalue weighted by Crippen LogP contribution is 1.88. The van der Waals surface area contributed by atoms with Crippen LogP contribution in [-0.4, -0.2) is 9.97 Å². The SMILES string of the molecule is Cc1ccnc(C)n1.Cl. The predicted molar refractivity (Wildman–Crippen MR) is 38.8 cm³/mol. The maximum atomic E-state index is 4.06. The van der Waals surface area contributed by atoms with Crippen molar-refractivity contribution in [3.05, 3.63) is 23.8 Å². The zero-order valence-electron chi connectivity index (χ0n) is 5.46. The summed E-state index contributed by atoms with van der Waals surface area (Å²) in [7, 11) is 0. The molecular formula is C6H9ClN2. The van der Waals surface area contributed by atoms with Gasteiger partial charge in [0, 0.05) is 11.9 Å². The van der Waals surface area contributed by atoms with Crippen molar-refractivity contribution in [3.63, 3.8) is 0 Å². The zero-order chi connectivity index (χ0) is 5.98. The Balaban J connectivity index is 0.000000640. The molecule has 0 amide bonds. The van der Waals surface area contributed by atoms with Crippen LogP contribution in [0.4, 0.5) is 0 Å². The molecule has 0 bridgehead atoms. The molecule has 2 nitrogen and oxygen atoms in total. The molecule has 0 spiro atoms. The van der Waals surface area contributed by atoms with Crippen molar-refractivity contribution in [1.82, 2.24) is 9.97 Å². The average molecular weight is 145 g/mol. The van der Waals surface area contributed by atoms with Crippen molar-refractivity contribution in [3.8, 4) is 0 Å². The number of halogens is 1. The number of hydrogen-bond acceptors (Lipinski definition) is 2. The first-order chi connectivity index (χ1) is 3.79. The zero-order valence-corrected chi connectivity index (χ0v) is 6.27. The third kappa shape index (κ3) is 2.42. The van der Waals surface area contributed by atoms with Gasteiger partial charge in [-0.1, -0.05) is 0 Å². The minimum absolute atomic E-state index is 0. The lowest BCUT2D eigenvalue weighted by Gasteiger charge is -1.89. The minimum Gasteiger partial charge on any atom is -0.242 e. The van der Waals surface area contributed by atoms with E-state index in [9.17, 15) is 0 Å². The standard InChI is InChI=1S/C6H8N2.ClH/c1-5-3-4-7-6(2)8-5;/h3-4H,1-2H3;1H. The summed E-state index contributed by atoms with van der Waals surface area (Å²) >= 11 is 0. The first kappa shape index (κ1) is 8.37. The van der Waals surface area contributed by atoms with E-state index in [0.717, 1.165) is 11.5 Å².